The number of thioether (sulfide) groups is 1. The number of amidine groups is 1. The highest BCUT2D eigenvalue weighted by atomic mass is 32.2. The Hall–Kier alpha value is -2.72. The predicted molar refractivity (Wildman–Crippen MR) is 107 cm³/mol. The molecular formula is C19H21N3O6S. The lowest BCUT2D eigenvalue weighted by atomic mass is 9.94. The Morgan fingerprint density at radius 1 is 1.38 bits per heavy atom. The van der Waals surface area contributed by atoms with Crippen LogP contribution in [0, 0.1) is 10.1 Å². The first-order valence-corrected chi connectivity index (χ1v) is 9.96. The maximum atomic E-state index is 13.0. The van der Waals surface area contributed by atoms with Crippen LogP contribution in [0.2, 0.25) is 0 Å². The zero-order chi connectivity index (χ0) is 21.1. The van der Waals surface area contributed by atoms with Gasteiger partial charge in [-0.15, -0.1) is 0 Å². The van der Waals surface area contributed by atoms with Crippen molar-refractivity contribution in [3.63, 3.8) is 0 Å². The van der Waals surface area contributed by atoms with Crippen LogP contribution in [0.25, 0.3) is 0 Å². The SMILES string of the molecule is CC[C@H]1SC2=NC(C)=C(C(=O)OCCOC)[C@@H](c3cccc([N+](=O)[O-])c3)N2C1=O. The van der Waals surface area contributed by atoms with Gasteiger partial charge in [0.1, 0.15) is 6.61 Å². The number of fused-ring (bicyclic) bond motifs is 1. The zero-order valence-electron chi connectivity index (χ0n) is 16.3. The van der Waals surface area contributed by atoms with E-state index in [2.05, 4.69) is 4.99 Å². The molecule has 1 aromatic rings. The Balaban J connectivity index is 2.09. The molecule has 2 aliphatic heterocycles. The van der Waals surface area contributed by atoms with Gasteiger partial charge in [-0.1, -0.05) is 30.8 Å². The van der Waals surface area contributed by atoms with Gasteiger partial charge in [0.2, 0.25) is 5.91 Å². The number of hydrogen-bond acceptors (Lipinski definition) is 8. The molecule has 0 radical (unpaired) electrons. The second-order valence-corrected chi connectivity index (χ2v) is 7.67. The summed E-state index contributed by atoms with van der Waals surface area (Å²) in [5.41, 5.74) is 0.946. The number of allylic oxidation sites excluding steroid dienone is 1. The summed E-state index contributed by atoms with van der Waals surface area (Å²) in [6, 6.07) is 5.10. The number of non-ortho nitro benzene ring substituents is 1. The lowest BCUT2D eigenvalue weighted by Crippen LogP contribution is -2.41. The van der Waals surface area contributed by atoms with Crippen LogP contribution >= 0.6 is 11.8 Å². The molecule has 0 aliphatic carbocycles. The van der Waals surface area contributed by atoms with Gasteiger partial charge in [-0.3, -0.25) is 19.8 Å². The minimum atomic E-state index is -0.839. The van der Waals surface area contributed by atoms with Gasteiger partial charge in [0, 0.05) is 19.2 Å². The Morgan fingerprint density at radius 3 is 2.79 bits per heavy atom. The standard InChI is InChI=1S/C19H21N3O6S/c1-4-14-17(23)21-16(12-6-5-7-13(10-12)22(25)26)15(11(2)20-19(21)29-14)18(24)28-9-8-27-3/h5-7,10,14,16H,4,8-9H2,1-3H3/t14-,16-/m1/s1. The second-order valence-electron chi connectivity index (χ2n) is 6.50. The van der Waals surface area contributed by atoms with Crippen LogP contribution in [0.1, 0.15) is 31.9 Å². The first-order valence-electron chi connectivity index (χ1n) is 9.08. The van der Waals surface area contributed by atoms with Crippen molar-refractivity contribution in [1.29, 1.82) is 0 Å². The summed E-state index contributed by atoms with van der Waals surface area (Å²) in [6.07, 6.45) is 0.605. The summed E-state index contributed by atoms with van der Waals surface area (Å²) >= 11 is 1.34. The summed E-state index contributed by atoms with van der Waals surface area (Å²) in [6.45, 7) is 3.85. The highest BCUT2D eigenvalue weighted by molar-refractivity contribution is 8.15. The van der Waals surface area contributed by atoms with E-state index in [-0.39, 0.29) is 35.6 Å². The highest BCUT2D eigenvalue weighted by Crippen LogP contribution is 2.44. The molecule has 1 amide bonds. The monoisotopic (exact) mass is 419 g/mol. The van der Waals surface area contributed by atoms with Gasteiger partial charge in [0.05, 0.1) is 34.1 Å². The molecule has 3 rings (SSSR count). The van der Waals surface area contributed by atoms with Crippen molar-refractivity contribution in [2.24, 2.45) is 4.99 Å². The molecule has 2 atom stereocenters. The number of esters is 1. The summed E-state index contributed by atoms with van der Waals surface area (Å²) in [5.74, 6) is -0.806. The van der Waals surface area contributed by atoms with E-state index >= 15 is 0 Å². The van der Waals surface area contributed by atoms with Crippen molar-refractivity contribution in [3.05, 3.63) is 51.2 Å². The third-order valence-electron chi connectivity index (χ3n) is 4.66. The molecule has 1 fully saturated rings. The maximum absolute atomic E-state index is 13.0. The topological polar surface area (TPSA) is 111 Å². The predicted octanol–water partition coefficient (Wildman–Crippen LogP) is 2.82. The van der Waals surface area contributed by atoms with Gasteiger partial charge >= 0.3 is 5.97 Å². The number of carbonyl (C=O) groups excluding carboxylic acids is 2. The molecule has 9 nitrogen and oxygen atoms in total. The Morgan fingerprint density at radius 2 is 2.14 bits per heavy atom. The van der Waals surface area contributed by atoms with Crippen molar-refractivity contribution in [2.45, 2.75) is 31.6 Å². The fourth-order valence-corrected chi connectivity index (χ4v) is 4.40. The summed E-state index contributed by atoms with van der Waals surface area (Å²) in [7, 11) is 1.49. The van der Waals surface area contributed by atoms with E-state index in [0.29, 0.717) is 22.8 Å². The lowest BCUT2D eigenvalue weighted by Gasteiger charge is -2.33. The summed E-state index contributed by atoms with van der Waals surface area (Å²) < 4.78 is 10.2. The van der Waals surface area contributed by atoms with Gasteiger partial charge in [0.25, 0.3) is 5.69 Å². The number of carbonyl (C=O) groups is 2. The van der Waals surface area contributed by atoms with E-state index in [1.807, 2.05) is 6.92 Å². The Labute approximate surface area is 171 Å². The number of ether oxygens (including phenoxy) is 2. The molecule has 2 aliphatic rings. The molecule has 1 saturated heterocycles. The minimum Gasteiger partial charge on any atom is -0.460 e. The first kappa shape index (κ1) is 21.0. The van der Waals surface area contributed by atoms with E-state index in [9.17, 15) is 19.7 Å². The fraction of sp³-hybridized carbons (Fsp3) is 0.421. The van der Waals surface area contributed by atoms with Gasteiger partial charge in [-0.05, 0) is 18.9 Å². The van der Waals surface area contributed by atoms with Gasteiger partial charge in [0.15, 0.2) is 5.17 Å². The number of benzene rings is 1. The van der Waals surface area contributed by atoms with Crippen LogP contribution in [-0.4, -0.2) is 52.4 Å². The second kappa shape index (κ2) is 8.75. The number of nitro benzene ring substituents is 1. The van der Waals surface area contributed by atoms with Gasteiger partial charge < -0.3 is 9.47 Å². The van der Waals surface area contributed by atoms with Crippen LogP contribution in [-0.2, 0) is 19.1 Å². The van der Waals surface area contributed by atoms with E-state index in [0.717, 1.165) is 0 Å². The Kier molecular flexibility index (Phi) is 6.33. The van der Waals surface area contributed by atoms with E-state index in [1.165, 1.54) is 42.0 Å². The van der Waals surface area contributed by atoms with Crippen molar-refractivity contribution >= 4 is 34.5 Å². The van der Waals surface area contributed by atoms with Crippen molar-refractivity contribution < 1.29 is 24.0 Å². The van der Waals surface area contributed by atoms with Gasteiger partial charge in [-0.25, -0.2) is 9.79 Å². The third-order valence-corrected chi connectivity index (χ3v) is 5.98. The van der Waals surface area contributed by atoms with Crippen LogP contribution in [0.4, 0.5) is 5.69 Å². The minimum absolute atomic E-state index is 0.0463. The summed E-state index contributed by atoms with van der Waals surface area (Å²) in [5, 5.41) is 11.4. The Bertz CT molecular complexity index is 913. The van der Waals surface area contributed by atoms with Crippen molar-refractivity contribution in [2.75, 3.05) is 20.3 Å². The lowest BCUT2D eigenvalue weighted by molar-refractivity contribution is -0.384. The number of hydrogen-bond donors (Lipinski definition) is 0. The third kappa shape index (κ3) is 4.03. The molecule has 0 aromatic heterocycles. The largest absolute Gasteiger partial charge is 0.460 e. The van der Waals surface area contributed by atoms with Crippen LogP contribution in [0.15, 0.2) is 40.5 Å². The van der Waals surface area contributed by atoms with Crippen LogP contribution < -0.4 is 0 Å². The van der Waals surface area contributed by atoms with Crippen LogP contribution in [0.3, 0.4) is 0 Å². The number of nitrogens with zero attached hydrogens (tertiary/aromatic N) is 3. The molecule has 0 bridgehead atoms. The van der Waals surface area contributed by atoms with Crippen molar-refractivity contribution in [1.82, 2.24) is 4.90 Å². The number of amides is 1. The molecule has 0 saturated carbocycles. The average Bonchev–Trinajstić information content (AvgIpc) is 3.02. The molecule has 1 aromatic carbocycles. The molecule has 0 unspecified atom stereocenters. The van der Waals surface area contributed by atoms with E-state index in [4.69, 9.17) is 9.47 Å². The van der Waals surface area contributed by atoms with E-state index < -0.39 is 16.9 Å². The van der Waals surface area contributed by atoms with E-state index in [1.54, 1.807) is 13.0 Å². The van der Waals surface area contributed by atoms with Gasteiger partial charge in [-0.2, -0.15) is 0 Å². The molecule has 10 heteroatoms. The molecule has 0 N–H and O–H groups in total. The van der Waals surface area contributed by atoms with Crippen molar-refractivity contribution in [3.8, 4) is 0 Å². The molecule has 0 spiro atoms. The quantitative estimate of drug-likeness (QED) is 0.289. The summed E-state index contributed by atoms with van der Waals surface area (Å²) in [4.78, 5) is 42.5. The molecule has 154 valence electrons. The van der Waals surface area contributed by atoms with Crippen LogP contribution in [0.5, 0.6) is 0 Å². The number of methoxy groups -OCH3 is 1. The first-order chi connectivity index (χ1) is 13.9. The molecule has 2 heterocycles. The molecular weight excluding hydrogens is 398 g/mol. The highest BCUT2D eigenvalue weighted by Gasteiger charge is 2.47. The smallest absolute Gasteiger partial charge is 0.338 e. The number of aliphatic imine (C=N–C) groups is 1. The zero-order valence-corrected chi connectivity index (χ0v) is 17.1. The maximum Gasteiger partial charge on any atom is 0.338 e. The number of rotatable bonds is 7. The number of nitro groups is 1. The fourth-order valence-electron chi connectivity index (χ4n) is 3.27. The average molecular weight is 419 g/mol. The normalized spacial score (nSPS) is 21.1. The molecule has 29 heavy (non-hydrogen) atoms.